The van der Waals surface area contributed by atoms with Gasteiger partial charge in [-0.15, -0.1) is 11.3 Å². The Hall–Kier alpha value is -1.69. The summed E-state index contributed by atoms with van der Waals surface area (Å²) in [5.74, 6) is -0.927. The molecule has 1 aromatic heterocycles. The second kappa shape index (κ2) is 4.94. The topological polar surface area (TPSA) is 74.7 Å². The molecule has 0 spiro atoms. The molecule has 0 radical (unpaired) electrons. The molecule has 1 saturated carbocycles. The number of carboxylic acid groups (broad SMARTS) is 1. The summed E-state index contributed by atoms with van der Waals surface area (Å²) in [6, 6.07) is 3.31. The minimum absolute atomic E-state index is 0.0562. The van der Waals surface area contributed by atoms with Gasteiger partial charge in [0.25, 0.3) is 5.91 Å². The van der Waals surface area contributed by atoms with Crippen molar-refractivity contribution in [2.45, 2.75) is 26.2 Å². The van der Waals surface area contributed by atoms with Crippen molar-refractivity contribution < 1.29 is 19.5 Å². The Morgan fingerprint density at radius 2 is 2.05 bits per heavy atom. The van der Waals surface area contributed by atoms with E-state index in [-0.39, 0.29) is 17.6 Å². The molecule has 5 nitrogen and oxygen atoms in total. The van der Waals surface area contributed by atoms with Crippen molar-refractivity contribution in [2.75, 3.05) is 13.1 Å². The highest BCUT2D eigenvalue weighted by molar-refractivity contribution is 7.15. The maximum atomic E-state index is 12.5. The first-order chi connectivity index (χ1) is 9.94. The Bertz CT molecular complexity index is 623. The number of rotatable bonds is 3. The first-order valence-corrected chi connectivity index (χ1v) is 7.89. The first-order valence-electron chi connectivity index (χ1n) is 7.07. The van der Waals surface area contributed by atoms with Gasteiger partial charge in [-0.05, 0) is 37.8 Å². The zero-order chi connectivity index (χ0) is 15.2. The minimum atomic E-state index is -0.782. The Kier molecular flexibility index (Phi) is 3.36. The molecule has 1 aliphatic heterocycles. The van der Waals surface area contributed by atoms with Crippen LogP contribution in [0.2, 0.25) is 0 Å². The van der Waals surface area contributed by atoms with Gasteiger partial charge in [0.15, 0.2) is 5.78 Å². The highest BCUT2D eigenvalue weighted by Crippen LogP contribution is 2.49. The quantitative estimate of drug-likeness (QED) is 0.869. The molecule has 6 heteroatoms. The molecule has 2 aliphatic rings. The number of fused-ring (bicyclic) bond motifs is 1. The van der Waals surface area contributed by atoms with E-state index in [1.165, 1.54) is 18.3 Å². The molecule has 1 N–H and O–H groups in total. The van der Waals surface area contributed by atoms with E-state index in [4.69, 9.17) is 0 Å². The average molecular weight is 307 g/mol. The van der Waals surface area contributed by atoms with E-state index in [0.29, 0.717) is 29.3 Å². The fourth-order valence-electron chi connectivity index (χ4n) is 3.59. The molecule has 21 heavy (non-hydrogen) atoms. The van der Waals surface area contributed by atoms with E-state index in [1.54, 1.807) is 17.0 Å². The number of carbonyl (C=O) groups is 3. The molecule has 1 aromatic rings. The van der Waals surface area contributed by atoms with Crippen LogP contribution in [0.4, 0.5) is 0 Å². The molecule has 0 unspecified atom stereocenters. The third-order valence-corrected chi connectivity index (χ3v) is 5.92. The van der Waals surface area contributed by atoms with Crippen LogP contribution in [0.5, 0.6) is 0 Å². The molecule has 2 heterocycles. The predicted octanol–water partition coefficient (Wildman–Crippen LogP) is 2.28. The highest BCUT2D eigenvalue weighted by atomic mass is 32.1. The van der Waals surface area contributed by atoms with E-state index in [2.05, 4.69) is 0 Å². The Morgan fingerprint density at radius 3 is 2.62 bits per heavy atom. The SMILES string of the molecule is CC(=O)c1ccc(C(=O)N2C[C@@H]3CCC[C@@]3(C(=O)O)C2)s1. The second-order valence-corrected chi connectivity index (χ2v) is 7.04. The molecule has 1 aliphatic carbocycles. The van der Waals surface area contributed by atoms with Crippen LogP contribution in [0.1, 0.15) is 45.5 Å². The maximum absolute atomic E-state index is 12.5. The van der Waals surface area contributed by atoms with E-state index in [0.717, 1.165) is 12.8 Å². The fraction of sp³-hybridized carbons (Fsp3) is 0.533. The lowest BCUT2D eigenvalue weighted by molar-refractivity contribution is -0.149. The van der Waals surface area contributed by atoms with Crippen molar-refractivity contribution in [3.63, 3.8) is 0 Å². The third-order valence-electron chi connectivity index (χ3n) is 4.75. The molecule has 0 bridgehead atoms. The molecule has 2 atom stereocenters. The van der Waals surface area contributed by atoms with Crippen LogP contribution in [0.15, 0.2) is 12.1 Å². The number of aliphatic carboxylic acids is 1. The number of ketones is 1. The van der Waals surface area contributed by atoms with Gasteiger partial charge < -0.3 is 10.0 Å². The Morgan fingerprint density at radius 1 is 1.33 bits per heavy atom. The normalized spacial score (nSPS) is 27.7. The standard InChI is InChI=1S/C15H17NO4S/c1-9(17)11-4-5-12(21-11)13(18)16-7-10-3-2-6-15(10,8-16)14(19)20/h4-5,10H,2-3,6-8H2,1H3,(H,19,20)/t10-,15+/m0/s1. The summed E-state index contributed by atoms with van der Waals surface area (Å²) in [6.07, 6.45) is 2.45. The summed E-state index contributed by atoms with van der Waals surface area (Å²) in [7, 11) is 0. The number of carboxylic acids is 1. The number of hydrogen-bond acceptors (Lipinski definition) is 4. The number of carbonyl (C=O) groups excluding carboxylic acids is 2. The van der Waals surface area contributed by atoms with Crippen LogP contribution in [-0.4, -0.2) is 40.8 Å². The number of amides is 1. The van der Waals surface area contributed by atoms with Crippen LogP contribution < -0.4 is 0 Å². The van der Waals surface area contributed by atoms with Gasteiger partial charge in [0, 0.05) is 13.1 Å². The van der Waals surface area contributed by atoms with Crippen LogP contribution in [0.25, 0.3) is 0 Å². The summed E-state index contributed by atoms with van der Waals surface area (Å²) in [5, 5.41) is 9.54. The van der Waals surface area contributed by atoms with Gasteiger partial charge in [0.2, 0.25) is 0 Å². The molecule has 1 amide bonds. The van der Waals surface area contributed by atoms with Crippen molar-refractivity contribution in [3.8, 4) is 0 Å². The first kappa shape index (κ1) is 14.3. The van der Waals surface area contributed by atoms with Crippen molar-refractivity contribution in [1.29, 1.82) is 0 Å². The molecule has 2 fully saturated rings. The van der Waals surface area contributed by atoms with Crippen molar-refractivity contribution in [1.82, 2.24) is 4.90 Å². The van der Waals surface area contributed by atoms with Gasteiger partial charge in [-0.3, -0.25) is 14.4 Å². The second-order valence-electron chi connectivity index (χ2n) is 5.96. The summed E-state index contributed by atoms with van der Waals surface area (Å²) >= 11 is 1.18. The predicted molar refractivity (Wildman–Crippen MR) is 77.6 cm³/mol. The molecule has 112 valence electrons. The fourth-order valence-corrected chi connectivity index (χ4v) is 4.46. The monoisotopic (exact) mass is 307 g/mol. The zero-order valence-corrected chi connectivity index (χ0v) is 12.6. The van der Waals surface area contributed by atoms with E-state index in [9.17, 15) is 19.5 Å². The lowest BCUT2D eigenvalue weighted by Gasteiger charge is -2.23. The van der Waals surface area contributed by atoms with Crippen molar-refractivity contribution in [2.24, 2.45) is 11.3 Å². The van der Waals surface area contributed by atoms with Gasteiger partial charge in [-0.1, -0.05) is 6.42 Å². The molecular weight excluding hydrogens is 290 g/mol. The van der Waals surface area contributed by atoms with E-state index < -0.39 is 11.4 Å². The average Bonchev–Trinajstić information content (AvgIpc) is 3.11. The summed E-state index contributed by atoms with van der Waals surface area (Å²) in [5.41, 5.74) is -0.754. The van der Waals surface area contributed by atoms with Crippen molar-refractivity contribution in [3.05, 3.63) is 21.9 Å². The van der Waals surface area contributed by atoms with Crippen LogP contribution in [-0.2, 0) is 4.79 Å². The number of nitrogens with zero attached hydrogens (tertiary/aromatic N) is 1. The van der Waals surface area contributed by atoms with E-state index >= 15 is 0 Å². The van der Waals surface area contributed by atoms with Gasteiger partial charge in [-0.2, -0.15) is 0 Å². The number of thiophene rings is 1. The molecular formula is C15H17NO4S. The molecule has 3 rings (SSSR count). The largest absolute Gasteiger partial charge is 0.481 e. The number of likely N-dealkylation sites (tertiary alicyclic amines) is 1. The van der Waals surface area contributed by atoms with Gasteiger partial charge in [-0.25, -0.2) is 0 Å². The number of Topliss-reactive ketones (excluding diaryl/α,β-unsaturated/α-hetero) is 1. The van der Waals surface area contributed by atoms with E-state index in [1.807, 2.05) is 0 Å². The molecule has 0 aromatic carbocycles. The van der Waals surface area contributed by atoms with Crippen molar-refractivity contribution >= 4 is 29.0 Å². The Balaban J connectivity index is 1.81. The van der Waals surface area contributed by atoms with Crippen LogP contribution >= 0.6 is 11.3 Å². The van der Waals surface area contributed by atoms with Gasteiger partial charge in [0.1, 0.15) is 0 Å². The summed E-state index contributed by atoms with van der Waals surface area (Å²) < 4.78 is 0. The summed E-state index contributed by atoms with van der Waals surface area (Å²) in [6.45, 7) is 2.28. The van der Waals surface area contributed by atoms with Gasteiger partial charge in [0.05, 0.1) is 15.2 Å². The van der Waals surface area contributed by atoms with Crippen LogP contribution in [0.3, 0.4) is 0 Å². The third kappa shape index (κ3) is 2.18. The molecule has 1 saturated heterocycles. The summed E-state index contributed by atoms with van der Waals surface area (Å²) in [4.78, 5) is 38.2. The lowest BCUT2D eigenvalue weighted by Crippen LogP contribution is -2.37. The smallest absolute Gasteiger partial charge is 0.311 e. The maximum Gasteiger partial charge on any atom is 0.311 e. The minimum Gasteiger partial charge on any atom is -0.481 e. The lowest BCUT2D eigenvalue weighted by atomic mass is 9.81. The van der Waals surface area contributed by atoms with Crippen LogP contribution in [0, 0.1) is 11.3 Å². The number of hydrogen-bond donors (Lipinski definition) is 1. The highest BCUT2D eigenvalue weighted by Gasteiger charge is 2.55. The van der Waals surface area contributed by atoms with Gasteiger partial charge >= 0.3 is 5.97 Å². The Labute approximate surface area is 126 Å². The zero-order valence-electron chi connectivity index (χ0n) is 11.8.